The second-order valence-electron chi connectivity index (χ2n) is 5.42. The van der Waals surface area contributed by atoms with Gasteiger partial charge >= 0.3 is 0 Å². The van der Waals surface area contributed by atoms with Gasteiger partial charge in [-0.1, -0.05) is 28.4 Å². The highest BCUT2D eigenvalue weighted by Crippen LogP contribution is 2.20. The summed E-state index contributed by atoms with van der Waals surface area (Å²) < 4.78 is 41.7. The SMILES string of the molecule is Cc1c(C(=O)NS(=O)(=O)c2ccc(Cl)cc2)nnn1-c1ccc(Cl)cc1F. The highest BCUT2D eigenvalue weighted by molar-refractivity contribution is 7.90. The number of nitrogens with one attached hydrogen (secondary N) is 1. The number of amides is 1. The van der Waals surface area contributed by atoms with Crippen molar-refractivity contribution in [2.75, 3.05) is 0 Å². The van der Waals surface area contributed by atoms with Gasteiger partial charge in [0.2, 0.25) is 0 Å². The second-order valence-corrected chi connectivity index (χ2v) is 7.97. The molecule has 0 aliphatic heterocycles. The van der Waals surface area contributed by atoms with E-state index in [4.69, 9.17) is 23.2 Å². The quantitative estimate of drug-likeness (QED) is 0.688. The summed E-state index contributed by atoms with van der Waals surface area (Å²) in [7, 11) is -4.14. The van der Waals surface area contributed by atoms with Gasteiger partial charge in [-0.3, -0.25) is 4.79 Å². The van der Waals surface area contributed by atoms with Gasteiger partial charge in [-0.2, -0.15) is 0 Å². The molecule has 2 aromatic carbocycles. The van der Waals surface area contributed by atoms with E-state index in [1.54, 1.807) is 0 Å². The number of halogens is 3. The van der Waals surface area contributed by atoms with Crippen molar-refractivity contribution in [3.63, 3.8) is 0 Å². The Bertz CT molecular complexity index is 1130. The Hall–Kier alpha value is -2.49. The average Bonchev–Trinajstić information content (AvgIpc) is 2.96. The van der Waals surface area contributed by atoms with Gasteiger partial charge < -0.3 is 0 Å². The minimum absolute atomic E-state index is 0.0176. The summed E-state index contributed by atoms with van der Waals surface area (Å²) in [4.78, 5) is 12.2. The van der Waals surface area contributed by atoms with Crippen LogP contribution in [0.25, 0.3) is 5.69 Å². The number of aromatic nitrogens is 3. The van der Waals surface area contributed by atoms with Crippen LogP contribution in [0.15, 0.2) is 47.4 Å². The third-order valence-corrected chi connectivity index (χ3v) is 5.43. The van der Waals surface area contributed by atoms with Crippen LogP contribution in [0.3, 0.4) is 0 Å². The van der Waals surface area contributed by atoms with E-state index in [-0.39, 0.29) is 27.0 Å². The Morgan fingerprint density at radius 2 is 1.74 bits per heavy atom. The summed E-state index contributed by atoms with van der Waals surface area (Å²) in [5, 5.41) is 7.93. The monoisotopic (exact) mass is 428 g/mol. The van der Waals surface area contributed by atoms with Gasteiger partial charge in [-0.25, -0.2) is 22.2 Å². The zero-order valence-corrected chi connectivity index (χ0v) is 16.0. The fourth-order valence-corrected chi connectivity index (χ4v) is 3.50. The Morgan fingerprint density at radius 3 is 2.37 bits per heavy atom. The number of carbonyl (C=O) groups is 1. The Kier molecular flexibility index (Phi) is 5.18. The number of rotatable bonds is 4. The average molecular weight is 429 g/mol. The lowest BCUT2D eigenvalue weighted by Gasteiger charge is -2.07. The first-order chi connectivity index (χ1) is 12.7. The van der Waals surface area contributed by atoms with E-state index in [1.807, 2.05) is 4.72 Å². The summed E-state index contributed by atoms with van der Waals surface area (Å²) in [6.07, 6.45) is 0. The van der Waals surface area contributed by atoms with E-state index in [0.29, 0.717) is 5.02 Å². The van der Waals surface area contributed by atoms with Crippen molar-refractivity contribution in [2.24, 2.45) is 0 Å². The zero-order chi connectivity index (χ0) is 19.8. The molecule has 0 saturated carbocycles. The molecule has 3 aromatic rings. The predicted octanol–water partition coefficient (Wildman–Crippen LogP) is 3.14. The van der Waals surface area contributed by atoms with E-state index in [0.717, 1.165) is 10.7 Å². The smallest absolute Gasteiger partial charge is 0.266 e. The summed E-state index contributed by atoms with van der Waals surface area (Å²) in [5.74, 6) is -1.67. The maximum Gasteiger partial charge on any atom is 0.287 e. The largest absolute Gasteiger partial charge is 0.287 e. The fourth-order valence-electron chi connectivity index (χ4n) is 2.26. The lowest BCUT2D eigenvalue weighted by molar-refractivity contribution is 0.0976. The molecule has 0 unspecified atom stereocenters. The third-order valence-electron chi connectivity index (χ3n) is 3.60. The Morgan fingerprint density at radius 1 is 1.11 bits per heavy atom. The number of hydrogen-bond donors (Lipinski definition) is 1. The van der Waals surface area contributed by atoms with E-state index in [9.17, 15) is 17.6 Å². The van der Waals surface area contributed by atoms with E-state index in [2.05, 4.69) is 10.3 Å². The molecule has 1 N–H and O–H groups in total. The van der Waals surface area contributed by atoms with Crippen molar-refractivity contribution >= 4 is 39.1 Å². The number of benzene rings is 2. The first-order valence-corrected chi connectivity index (χ1v) is 9.63. The van der Waals surface area contributed by atoms with Crippen molar-refractivity contribution in [3.05, 3.63) is 69.7 Å². The van der Waals surface area contributed by atoms with Crippen LogP contribution in [0, 0.1) is 12.7 Å². The summed E-state index contributed by atoms with van der Waals surface area (Å²) in [5.41, 5.74) is -0.0917. The fraction of sp³-hybridized carbons (Fsp3) is 0.0625. The van der Waals surface area contributed by atoms with Crippen molar-refractivity contribution in [3.8, 4) is 5.69 Å². The van der Waals surface area contributed by atoms with Gasteiger partial charge in [0.05, 0.1) is 10.6 Å². The molecule has 1 heterocycles. The van der Waals surface area contributed by atoms with E-state index in [1.165, 1.54) is 43.3 Å². The van der Waals surface area contributed by atoms with Crippen LogP contribution in [-0.4, -0.2) is 29.3 Å². The molecule has 0 atom stereocenters. The molecule has 140 valence electrons. The summed E-state index contributed by atoms with van der Waals surface area (Å²) in [6.45, 7) is 1.46. The van der Waals surface area contributed by atoms with Crippen LogP contribution in [0.1, 0.15) is 16.2 Å². The predicted molar refractivity (Wildman–Crippen MR) is 97.2 cm³/mol. The molecule has 0 fully saturated rings. The molecule has 7 nitrogen and oxygen atoms in total. The first kappa shape index (κ1) is 19.3. The minimum atomic E-state index is -4.14. The molecule has 1 aromatic heterocycles. The van der Waals surface area contributed by atoms with Crippen LogP contribution in [0.5, 0.6) is 0 Å². The first-order valence-electron chi connectivity index (χ1n) is 7.39. The molecule has 0 bridgehead atoms. The van der Waals surface area contributed by atoms with Gasteiger partial charge in [-0.15, -0.1) is 5.10 Å². The molecule has 11 heteroatoms. The van der Waals surface area contributed by atoms with E-state index >= 15 is 0 Å². The standard InChI is InChI=1S/C16H11Cl2FN4O3S/c1-9-15(20-22-23(9)14-7-4-11(18)8-13(14)19)16(24)21-27(25,26)12-5-2-10(17)3-6-12/h2-8H,1H3,(H,21,24). The zero-order valence-electron chi connectivity index (χ0n) is 13.6. The van der Waals surface area contributed by atoms with Gasteiger partial charge in [0.25, 0.3) is 15.9 Å². The lowest BCUT2D eigenvalue weighted by Crippen LogP contribution is -2.31. The molecule has 0 aliphatic rings. The number of sulfonamides is 1. The summed E-state index contributed by atoms with van der Waals surface area (Å²) in [6, 6.07) is 9.17. The maximum atomic E-state index is 14.1. The van der Waals surface area contributed by atoms with Crippen molar-refractivity contribution in [1.82, 2.24) is 19.7 Å². The molecule has 0 radical (unpaired) electrons. The normalized spacial score (nSPS) is 11.4. The van der Waals surface area contributed by atoms with Crippen LogP contribution in [0.4, 0.5) is 4.39 Å². The molecule has 27 heavy (non-hydrogen) atoms. The van der Waals surface area contributed by atoms with Crippen molar-refractivity contribution in [1.29, 1.82) is 0 Å². The molecule has 0 spiro atoms. The van der Waals surface area contributed by atoms with Gasteiger partial charge in [0, 0.05) is 10.0 Å². The molecule has 0 aliphatic carbocycles. The van der Waals surface area contributed by atoms with Crippen LogP contribution in [0.2, 0.25) is 10.0 Å². The van der Waals surface area contributed by atoms with Gasteiger partial charge in [0.15, 0.2) is 5.69 Å². The highest BCUT2D eigenvalue weighted by atomic mass is 35.5. The number of nitrogens with zero attached hydrogens (tertiary/aromatic N) is 3. The maximum absolute atomic E-state index is 14.1. The minimum Gasteiger partial charge on any atom is -0.266 e. The van der Waals surface area contributed by atoms with Gasteiger partial charge in [-0.05, 0) is 49.4 Å². The number of hydrogen-bond acceptors (Lipinski definition) is 5. The van der Waals surface area contributed by atoms with Crippen LogP contribution >= 0.6 is 23.2 Å². The molecule has 0 saturated heterocycles. The van der Waals surface area contributed by atoms with Gasteiger partial charge in [0.1, 0.15) is 11.5 Å². The Labute approximate surface area is 163 Å². The summed E-state index contributed by atoms with van der Waals surface area (Å²) >= 11 is 11.4. The lowest BCUT2D eigenvalue weighted by atomic mass is 10.2. The Balaban J connectivity index is 1.90. The van der Waals surface area contributed by atoms with Crippen LogP contribution < -0.4 is 4.72 Å². The highest BCUT2D eigenvalue weighted by Gasteiger charge is 2.24. The van der Waals surface area contributed by atoms with Crippen molar-refractivity contribution < 1.29 is 17.6 Å². The molecule has 1 amide bonds. The van der Waals surface area contributed by atoms with E-state index < -0.39 is 21.7 Å². The topological polar surface area (TPSA) is 93.9 Å². The molecular weight excluding hydrogens is 418 g/mol. The second kappa shape index (κ2) is 7.26. The molecule has 3 rings (SSSR count). The van der Waals surface area contributed by atoms with Crippen LogP contribution in [-0.2, 0) is 10.0 Å². The van der Waals surface area contributed by atoms with Crippen molar-refractivity contribution in [2.45, 2.75) is 11.8 Å². The third kappa shape index (κ3) is 3.95. The molecular formula is C16H11Cl2FN4O3S. The number of carbonyl (C=O) groups excluding carboxylic acids is 1.